The van der Waals surface area contributed by atoms with Gasteiger partial charge in [0, 0.05) is 17.1 Å². The van der Waals surface area contributed by atoms with E-state index in [4.69, 9.17) is 11.6 Å². The van der Waals surface area contributed by atoms with Gasteiger partial charge in [-0.15, -0.1) is 0 Å². The maximum Gasteiger partial charge on any atom is 0.254 e. The lowest BCUT2D eigenvalue weighted by atomic mass is 10.1. The van der Waals surface area contributed by atoms with Crippen LogP contribution in [0.1, 0.15) is 28.8 Å². The second-order valence-electron chi connectivity index (χ2n) is 4.44. The van der Waals surface area contributed by atoms with E-state index in [0.29, 0.717) is 10.6 Å². The molecule has 0 saturated carbocycles. The van der Waals surface area contributed by atoms with E-state index in [1.807, 2.05) is 13.0 Å². The molecule has 1 aromatic rings. The second kappa shape index (κ2) is 5.07. The average Bonchev–Trinajstić information content (AvgIpc) is 2.79. The summed E-state index contributed by atoms with van der Waals surface area (Å²) in [6.45, 7) is 2.65. The normalized spacial score (nSPS) is 19.7. The van der Waals surface area contributed by atoms with Gasteiger partial charge in [-0.2, -0.15) is 0 Å². The molecule has 17 heavy (non-hydrogen) atoms. The minimum atomic E-state index is -0.0409. The summed E-state index contributed by atoms with van der Waals surface area (Å²) in [5, 5.41) is 9.80. The molecule has 0 radical (unpaired) electrons. The Morgan fingerprint density at radius 1 is 1.59 bits per heavy atom. The standard InChI is InChI=1S/C13H16ClNO2/c1-9-4-5-10(14)7-12(9)13(17)15-6-2-3-11(15)8-16/h4-5,7,11,16H,2-3,6,8H2,1H3. The summed E-state index contributed by atoms with van der Waals surface area (Å²) < 4.78 is 0. The van der Waals surface area contributed by atoms with Gasteiger partial charge in [0.1, 0.15) is 0 Å². The minimum absolute atomic E-state index is 0.0263. The zero-order valence-corrected chi connectivity index (χ0v) is 10.6. The van der Waals surface area contributed by atoms with Crippen LogP contribution in [0.5, 0.6) is 0 Å². The van der Waals surface area contributed by atoms with Gasteiger partial charge in [0.25, 0.3) is 5.91 Å². The van der Waals surface area contributed by atoms with Gasteiger partial charge < -0.3 is 10.0 Å². The van der Waals surface area contributed by atoms with Gasteiger partial charge in [-0.05, 0) is 37.5 Å². The van der Waals surface area contributed by atoms with E-state index in [2.05, 4.69) is 0 Å². The van der Waals surface area contributed by atoms with E-state index >= 15 is 0 Å². The van der Waals surface area contributed by atoms with E-state index in [-0.39, 0.29) is 18.6 Å². The number of aryl methyl sites for hydroxylation is 1. The van der Waals surface area contributed by atoms with E-state index in [1.54, 1.807) is 17.0 Å². The van der Waals surface area contributed by atoms with Gasteiger partial charge in [-0.25, -0.2) is 0 Å². The van der Waals surface area contributed by atoms with Crippen molar-refractivity contribution in [2.45, 2.75) is 25.8 Å². The van der Waals surface area contributed by atoms with Gasteiger partial charge in [-0.3, -0.25) is 4.79 Å². The molecule has 1 aliphatic heterocycles. The molecule has 1 heterocycles. The van der Waals surface area contributed by atoms with Crippen LogP contribution in [-0.4, -0.2) is 35.1 Å². The highest BCUT2D eigenvalue weighted by Gasteiger charge is 2.29. The third kappa shape index (κ3) is 2.45. The molecule has 1 atom stereocenters. The topological polar surface area (TPSA) is 40.5 Å². The third-order valence-electron chi connectivity index (χ3n) is 3.28. The van der Waals surface area contributed by atoms with Gasteiger partial charge in [0.2, 0.25) is 0 Å². The molecular weight excluding hydrogens is 238 g/mol. The molecule has 1 amide bonds. The Balaban J connectivity index is 2.27. The van der Waals surface area contributed by atoms with Crippen LogP contribution in [0.15, 0.2) is 18.2 Å². The first-order valence-electron chi connectivity index (χ1n) is 5.81. The van der Waals surface area contributed by atoms with E-state index in [1.165, 1.54) is 0 Å². The number of aliphatic hydroxyl groups excluding tert-OH is 1. The van der Waals surface area contributed by atoms with Crippen molar-refractivity contribution >= 4 is 17.5 Å². The zero-order chi connectivity index (χ0) is 12.4. The summed E-state index contributed by atoms with van der Waals surface area (Å²) in [5.41, 5.74) is 1.56. The van der Waals surface area contributed by atoms with E-state index in [0.717, 1.165) is 24.9 Å². The Kier molecular flexibility index (Phi) is 3.69. The summed E-state index contributed by atoms with van der Waals surface area (Å²) in [6.07, 6.45) is 1.83. The Morgan fingerprint density at radius 2 is 2.35 bits per heavy atom. The number of benzene rings is 1. The molecular formula is C13H16ClNO2. The molecule has 1 unspecified atom stereocenters. The van der Waals surface area contributed by atoms with Crippen molar-refractivity contribution in [2.75, 3.05) is 13.2 Å². The van der Waals surface area contributed by atoms with Crippen LogP contribution < -0.4 is 0 Å². The first-order valence-corrected chi connectivity index (χ1v) is 6.19. The van der Waals surface area contributed by atoms with Crippen molar-refractivity contribution in [2.24, 2.45) is 0 Å². The fourth-order valence-electron chi connectivity index (χ4n) is 2.27. The van der Waals surface area contributed by atoms with Crippen molar-refractivity contribution in [1.82, 2.24) is 4.90 Å². The molecule has 3 nitrogen and oxygen atoms in total. The first kappa shape index (κ1) is 12.4. The predicted octanol–water partition coefficient (Wildman–Crippen LogP) is 2.25. The molecule has 1 aromatic carbocycles. The highest BCUT2D eigenvalue weighted by atomic mass is 35.5. The van der Waals surface area contributed by atoms with E-state index in [9.17, 15) is 9.90 Å². The number of hydrogen-bond acceptors (Lipinski definition) is 2. The predicted molar refractivity (Wildman–Crippen MR) is 67.3 cm³/mol. The average molecular weight is 254 g/mol. The molecule has 0 aromatic heterocycles. The molecule has 4 heteroatoms. The van der Waals surface area contributed by atoms with Gasteiger partial charge >= 0.3 is 0 Å². The molecule has 0 aliphatic carbocycles. The second-order valence-corrected chi connectivity index (χ2v) is 4.87. The van der Waals surface area contributed by atoms with Gasteiger partial charge in [0.15, 0.2) is 0 Å². The quantitative estimate of drug-likeness (QED) is 0.878. The summed E-state index contributed by atoms with van der Waals surface area (Å²) in [7, 11) is 0. The maximum absolute atomic E-state index is 12.3. The molecule has 1 fully saturated rings. The van der Waals surface area contributed by atoms with Crippen LogP contribution in [0.25, 0.3) is 0 Å². The summed E-state index contributed by atoms with van der Waals surface area (Å²) >= 11 is 5.92. The summed E-state index contributed by atoms with van der Waals surface area (Å²) in [4.78, 5) is 14.1. The number of halogens is 1. The molecule has 0 bridgehead atoms. The monoisotopic (exact) mass is 253 g/mol. The summed E-state index contributed by atoms with van der Waals surface area (Å²) in [6, 6.07) is 5.29. The molecule has 1 aliphatic rings. The van der Waals surface area contributed by atoms with Crippen molar-refractivity contribution in [3.05, 3.63) is 34.3 Å². The highest BCUT2D eigenvalue weighted by Crippen LogP contribution is 2.23. The maximum atomic E-state index is 12.3. The number of nitrogens with zero attached hydrogens (tertiary/aromatic N) is 1. The number of rotatable bonds is 2. The highest BCUT2D eigenvalue weighted by molar-refractivity contribution is 6.31. The smallest absolute Gasteiger partial charge is 0.254 e. The molecule has 1 N–H and O–H groups in total. The zero-order valence-electron chi connectivity index (χ0n) is 9.82. The van der Waals surface area contributed by atoms with Gasteiger partial charge in [-0.1, -0.05) is 17.7 Å². The molecule has 92 valence electrons. The first-order chi connectivity index (χ1) is 8.13. The van der Waals surface area contributed by atoms with Crippen molar-refractivity contribution < 1.29 is 9.90 Å². The van der Waals surface area contributed by atoms with Gasteiger partial charge in [0.05, 0.1) is 12.6 Å². The molecule has 1 saturated heterocycles. The fraction of sp³-hybridized carbons (Fsp3) is 0.462. The summed E-state index contributed by atoms with van der Waals surface area (Å²) in [5.74, 6) is -0.0263. The lowest BCUT2D eigenvalue weighted by Gasteiger charge is -2.23. The number of hydrogen-bond donors (Lipinski definition) is 1. The van der Waals surface area contributed by atoms with Crippen molar-refractivity contribution in [3.63, 3.8) is 0 Å². The lowest BCUT2D eigenvalue weighted by Crippen LogP contribution is -2.37. The Morgan fingerprint density at radius 3 is 3.06 bits per heavy atom. The number of likely N-dealkylation sites (tertiary alicyclic amines) is 1. The SMILES string of the molecule is Cc1ccc(Cl)cc1C(=O)N1CCCC1CO. The van der Waals surface area contributed by atoms with Crippen molar-refractivity contribution in [3.8, 4) is 0 Å². The minimum Gasteiger partial charge on any atom is -0.394 e. The number of amides is 1. The van der Waals surface area contributed by atoms with Crippen LogP contribution in [-0.2, 0) is 0 Å². The number of aliphatic hydroxyl groups is 1. The van der Waals surface area contributed by atoms with Crippen LogP contribution >= 0.6 is 11.6 Å². The lowest BCUT2D eigenvalue weighted by molar-refractivity contribution is 0.0677. The Labute approximate surface area is 106 Å². The van der Waals surface area contributed by atoms with Crippen molar-refractivity contribution in [1.29, 1.82) is 0 Å². The Bertz CT molecular complexity index is 433. The largest absolute Gasteiger partial charge is 0.394 e. The fourth-order valence-corrected chi connectivity index (χ4v) is 2.44. The molecule has 2 rings (SSSR count). The van der Waals surface area contributed by atoms with Crippen LogP contribution in [0.3, 0.4) is 0 Å². The van der Waals surface area contributed by atoms with Crippen LogP contribution in [0, 0.1) is 6.92 Å². The van der Waals surface area contributed by atoms with E-state index < -0.39 is 0 Å². The Hall–Kier alpha value is -1.06. The van der Waals surface area contributed by atoms with Crippen LogP contribution in [0.4, 0.5) is 0 Å². The van der Waals surface area contributed by atoms with Crippen LogP contribution in [0.2, 0.25) is 5.02 Å². The number of carbonyl (C=O) groups excluding carboxylic acids is 1. The molecule has 0 spiro atoms. The third-order valence-corrected chi connectivity index (χ3v) is 3.51. The number of carbonyl (C=O) groups is 1.